The third-order valence-corrected chi connectivity index (χ3v) is 3.43. The van der Waals surface area contributed by atoms with Crippen LogP contribution in [0.4, 0.5) is 26.3 Å². The zero-order valence-corrected chi connectivity index (χ0v) is 13.1. The maximum absolute atomic E-state index is 13.0. The van der Waals surface area contributed by atoms with Crippen LogP contribution in [0.3, 0.4) is 0 Å². The molecule has 0 aliphatic carbocycles. The molecule has 144 valence electrons. The Morgan fingerprint density at radius 2 is 1.41 bits per heavy atom. The Kier molecular flexibility index (Phi) is 5.12. The second kappa shape index (κ2) is 6.86. The van der Waals surface area contributed by atoms with Gasteiger partial charge in [0.15, 0.2) is 5.78 Å². The summed E-state index contributed by atoms with van der Waals surface area (Å²) in [6, 6.07) is 2.33. The Hall–Kier alpha value is -3.17. The van der Waals surface area contributed by atoms with Crippen LogP contribution in [-0.4, -0.2) is 21.1 Å². The minimum atomic E-state index is -5.12. The third kappa shape index (κ3) is 4.52. The average molecular weight is 392 g/mol. The quantitative estimate of drug-likeness (QED) is 0.401. The molecule has 0 saturated heterocycles. The van der Waals surface area contributed by atoms with Crippen LogP contribution in [0.2, 0.25) is 0 Å². The van der Waals surface area contributed by atoms with Crippen LogP contribution >= 0.6 is 0 Å². The van der Waals surface area contributed by atoms with Gasteiger partial charge < -0.3 is 15.3 Å². The smallest absolute Gasteiger partial charge is 0.417 e. The normalized spacial score (nSPS) is 12.5. The number of aromatic hydroxyl groups is 3. The summed E-state index contributed by atoms with van der Waals surface area (Å²) in [5, 5.41) is 28.3. The molecule has 0 radical (unpaired) electrons. The van der Waals surface area contributed by atoms with Gasteiger partial charge in [-0.2, -0.15) is 26.3 Å². The van der Waals surface area contributed by atoms with Gasteiger partial charge in [0.1, 0.15) is 22.8 Å². The number of allylic oxidation sites excluding steroid dienone is 1. The molecular formula is C17H10F6O4. The molecule has 0 fully saturated rings. The maximum atomic E-state index is 13.0. The summed E-state index contributed by atoms with van der Waals surface area (Å²) in [6.45, 7) is 0. The predicted octanol–water partition coefficient (Wildman–Crippen LogP) is 4.74. The van der Waals surface area contributed by atoms with Gasteiger partial charge in [-0.15, -0.1) is 0 Å². The number of hydrogen-bond donors (Lipinski definition) is 3. The van der Waals surface area contributed by atoms with Gasteiger partial charge in [-0.3, -0.25) is 4.79 Å². The van der Waals surface area contributed by atoms with E-state index in [1.165, 1.54) is 0 Å². The van der Waals surface area contributed by atoms with Gasteiger partial charge in [0.2, 0.25) is 0 Å². The van der Waals surface area contributed by atoms with Gasteiger partial charge in [0, 0.05) is 12.1 Å². The molecule has 0 heterocycles. The predicted molar refractivity (Wildman–Crippen MR) is 81.2 cm³/mol. The molecule has 0 bridgehead atoms. The largest absolute Gasteiger partial charge is 0.508 e. The van der Waals surface area contributed by atoms with E-state index >= 15 is 0 Å². The lowest BCUT2D eigenvalue weighted by molar-refractivity contribution is -0.143. The Balaban J connectivity index is 2.46. The van der Waals surface area contributed by atoms with E-state index in [9.17, 15) is 41.4 Å². The Bertz CT molecular complexity index is 890. The number of rotatable bonds is 3. The zero-order chi connectivity index (χ0) is 20.6. The molecular weight excluding hydrogens is 382 g/mol. The highest BCUT2D eigenvalue weighted by molar-refractivity contribution is 6.10. The Labute approximate surface area is 147 Å². The molecule has 0 aliphatic rings. The third-order valence-electron chi connectivity index (χ3n) is 3.43. The monoisotopic (exact) mass is 392 g/mol. The second-order valence-corrected chi connectivity index (χ2v) is 5.35. The van der Waals surface area contributed by atoms with Crippen LogP contribution in [0.1, 0.15) is 27.0 Å². The van der Waals surface area contributed by atoms with Crippen molar-refractivity contribution in [2.24, 2.45) is 0 Å². The van der Waals surface area contributed by atoms with Gasteiger partial charge in [0.25, 0.3) is 0 Å². The average Bonchev–Trinajstić information content (AvgIpc) is 2.49. The van der Waals surface area contributed by atoms with Crippen molar-refractivity contribution in [2.45, 2.75) is 12.4 Å². The second-order valence-electron chi connectivity index (χ2n) is 5.35. The molecule has 4 nitrogen and oxygen atoms in total. The van der Waals surface area contributed by atoms with Gasteiger partial charge in [-0.25, -0.2) is 0 Å². The Morgan fingerprint density at radius 1 is 0.852 bits per heavy atom. The van der Waals surface area contributed by atoms with Gasteiger partial charge >= 0.3 is 12.4 Å². The molecule has 3 N–H and O–H groups in total. The molecule has 0 atom stereocenters. The number of phenols is 3. The summed E-state index contributed by atoms with van der Waals surface area (Å²) >= 11 is 0. The number of alkyl halides is 6. The highest BCUT2D eigenvalue weighted by Crippen LogP contribution is 2.38. The number of carbonyl (C=O) groups is 1. The fourth-order valence-electron chi connectivity index (χ4n) is 2.22. The summed E-state index contributed by atoms with van der Waals surface area (Å²) in [5.74, 6) is -3.35. The summed E-state index contributed by atoms with van der Waals surface area (Å²) < 4.78 is 77.0. The molecule has 27 heavy (non-hydrogen) atoms. The van der Waals surface area contributed by atoms with Crippen molar-refractivity contribution in [1.29, 1.82) is 0 Å². The molecule has 2 aromatic rings. The van der Waals surface area contributed by atoms with Crippen molar-refractivity contribution < 1.29 is 46.5 Å². The van der Waals surface area contributed by atoms with Crippen molar-refractivity contribution >= 4 is 11.9 Å². The summed E-state index contributed by atoms with van der Waals surface area (Å²) in [6.07, 6.45) is -8.95. The maximum Gasteiger partial charge on any atom is 0.417 e. The number of benzene rings is 2. The van der Waals surface area contributed by atoms with Crippen molar-refractivity contribution in [3.63, 3.8) is 0 Å². The first kappa shape index (κ1) is 20.1. The lowest BCUT2D eigenvalue weighted by atomic mass is 10.0. The number of phenolic OH excluding ortho intramolecular Hbond substituents is 3. The highest BCUT2D eigenvalue weighted by atomic mass is 19.4. The van der Waals surface area contributed by atoms with E-state index in [0.717, 1.165) is 12.1 Å². The summed E-state index contributed by atoms with van der Waals surface area (Å²) in [5.41, 5.74) is -4.53. The van der Waals surface area contributed by atoms with Crippen LogP contribution in [-0.2, 0) is 12.4 Å². The van der Waals surface area contributed by atoms with Crippen LogP contribution in [0.5, 0.6) is 17.2 Å². The van der Waals surface area contributed by atoms with E-state index in [0.29, 0.717) is 24.3 Å². The van der Waals surface area contributed by atoms with Gasteiger partial charge in [-0.1, -0.05) is 12.1 Å². The molecule has 0 aliphatic heterocycles. The molecule has 0 amide bonds. The van der Waals surface area contributed by atoms with Crippen LogP contribution in [0.15, 0.2) is 36.4 Å². The number of halogens is 6. The lowest BCUT2D eigenvalue weighted by Crippen LogP contribution is -2.12. The van der Waals surface area contributed by atoms with Crippen molar-refractivity contribution in [3.05, 3.63) is 58.7 Å². The zero-order valence-electron chi connectivity index (χ0n) is 13.1. The van der Waals surface area contributed by atoms with Crippen molar-refractivity contribution in [3.8, 4) is 17.2 Å². The number of carbonyl (C=O) groups excluding carboxylic acids is 1. The van der Waals surface area contributed by atoms with Crippen LogP contribution in [0.25, 0.3) is 6.08 Å². The highest BCUT2D eigenvalue weighted by Gasteiger charge is 2.37. The molecule has 2 rings (SSSR count). The van der Waals surface area contributed by atoms with Crippen molar-refractivity contribution in [2.75, 3.05) is 0 Å². The van der Waals surface area contributed by atoms with E-state index in [4.69, 9.17) is 5.11 Å². The van der Waals surface area contributed by atoms with E-state index < -0.39 is 57.6 Å². The molecule has 2 aromatic carbocycles. The first-order valence-corrected chi connectivity index (χ1v) is 7.06. The molecule has 0 saturated carbocycles. The van der Waals surface area contributed by atoms with Crippen molar-refractivity contribution in [1.82, 2.24) is 0 Å². The lowest BCUT2D eigenvalue weighted by Gasteiger charge is -2.14. The van der Waals surface area contributed by atoms with E-state index in [1.54, 1.807) is 0 Å². The van der Waals surface area contributed by atoms with E-state index in [1.807, 2.05) is 0 Å². The topological polar surface area (TPSA) is 77.8 Å². The molecule has 10 heteroatoms. The fraction of sp³-hybridized carbons (Fsp3) is 0.118. The van der Waals surface area contributed by atoms with E-state index in [-0.39, 0.29) is 6.07 Å². The molecule has 0 spiro atoms. The minimum absolute atomic E-state index is 0.0837. The Morgan fingerprint density at radius 3 is 1.89 bits per heavy atom. The molecule has 0 aromatic heterocycles. The fourth-order valence-corrected chi connectivity index (χ4v) is 2.22. The number of hydrogen-bond acceptors (Lipinski definition) is 4. The minimum Gasteiger partial charge on any atom is -0.508 e. The van der Waals surface area contributed by atoms with Crippen LogP contribution in [0, 0.1) is 0 Å². The van der Waals surface area contributed by atoms with Crippen LogP contribution < -0.4 is 0 Å². The number of ketones is 1. The van der Waals surface area contributed by atoms with E-state index in [2.05, 4.69) is 0 Å². The standard InChI is InChI=1S/C17H10F6O4/c18-16(19,20)9-3-1-8(11(5-9)17(21,22)23)2-4-12(25)15-13(26)6-10(24)7-14(15)27/h1-7,24,26-27H/b4-2+. The molecule has 0 unspecified atom stereocenters. The van der Waals surface area contributed by atoms with Gasteiger partial charge in [0.05, 0.1) is 11.1 Å². The first-order valence-electron chi connectivity index (χ1n) is 7.06. The first-order chi connectivity index (χ1) is 12.3. The summed E-state index contributed by atoms with van der Waals surface area (Å²) in [7, 11) is 0. The van der Waals surface area contributed by atoms with Gasteiger partial charge in [-0.05, 0) is 23.8 Å². The summed E-state index contributed by atoms with van der Waals surface area (Å²) in [4.78, 5) is 12.0. The SMILES string of the molecule is O=C(/C=C/c1ccc(C(F)(F)F)cc1C(F)(F)F)c1c(O)cc(O)cc1O.